The molecule has 0 saturated carbocycles. The smallest absolute Gasteiger partial charge is 0.242 e. The molecule has 1 aliphatic rings. The van der Waals surface area contributed by atoms with Crippen LogP contribution in [0.15, 0.2) is 16.7 Å². The van der Waals surface area contributed by atoms with E-state index in [4.69, 9.17) is 4.74 Å². The first-order valence-corrected chi connectivity index (χ1v) is 6.27. The third-order valence-electron chi connectivity index (χ3n) is 2.65. The van der Waals surface area contributed by atoms with Crippen molar-refractivity contribution in [1.29, 1.82) is 0 Å². The van der Waals surface area contributed by atoms with E-state index in [2.05, 4.69) is 31.5 Å². The minimum absolute atomic E-state index is 0.191. The third kappa shape index (κ3) is 3.17. The summed E-state index contributed by atoms with van der Waals surface area (Å²) in [5.74, 6) is 0.660. The summed E-state index contributed by atoms with van der Waals surface area (Å²) >= 11 is 3.22. The Morgan fingerprint density at radius 2 is 2.44 bits per heavy atom. The lowest BCUT2D eigenvalue weighted by Crippen LogP contribution is -2.35. The van der Waals surface area contributed by atoms with Crippen molar-refractivity contribution in [2.75, 3.05) is 19.0 Å². The molecule has 1 aromatic heterocycles. The van der Waals surface area contributed by atoms with E-state index in [1.165, 1.54) is 7.11 Å². The number of nitrogens with one attached hydrogen (secondary N) is 2. The molecule has 2 rings (SSSR count). The number of halogens is 2. The highest BCUT2D eigenvalue weighted by Gasteiger charge is 2.29. The molecule has 1 fully saturated rings. The average molecular weight is 318 g/mol. The molecule has 1 aliphatic heterocycles. The van der Waals surface area contributed by atoms with Crippen molar-refractivity contribution in [2.24, 2.45) is 0 Å². The molecule has 0 aliphatic carbocycles. The Labute approximate surface area is 112 Å². The fourth-order valence-corrected chi connectivity index (χ4v) is 2.18. The van der Waals surface area contributed by atoms with Gasteiger partial charge in [-0.05, 0) is 15.9 Å². The fourth-order valence-electron chi connectivity index (χ4n) is 1.76. The molecule has 1 amide bonds. The highest BCUT2D eigenvalue weighted by Crippen LogP contribution is 2.21. The highest BCUT2D eigenvalue weighted by molar-refractivity contribution is 9.10. The van der Waals surface area contributed by atoms with Crippen LogP contribution in [0.25, 0.3) is 0 Å². The molecule has 18 heavy (non-hydrogen) atoms. The van der Waals surface area contributed by atoms with Crippen LogP contribution in [0.3, 0.4) is 0 Å². The number of carbonyl (C=O) groups is 1. The summed E-state index contributed by atoms with van der Waals surface area (Å²) in [5.41, 5.74) is 0. The van der Waals surface area contributed by atoms with E-state index in [1.807, 2.05) is 0 Å². The summed E-state index contributed by atoms with van der Waals surface area (Å²) in [6.07, 6.45) is -0.775. The van der Waals surface area contributed by atoms with Crippen LogP contribution >= 0.6 is 15.9 Å². The van der Waals surface area contributed by atoms with Gasteiger partial charge in [0.05, 0.1) is 13.2 Å². The second-order valence-corrected chi connectivity index (χ2v) is 4.81. The van der Waals surface area contributed by atoms with E-state index < -0.39 is 12.2 Å². The third-order valence-corrected chi connectivity index (χ3v) is 3.05. The van der Waals surface area contributed by atoms with Gasteiger partial charge < -0.3 is 15.4 Å². The van der Waals surface area contributed by atoms with E-state index in [9.17, 15) is 9.18 Å². The fraction of sp³-hybridized carbons (Fsp3) is 0.455. The zero-order valence-electron chi connectivity index (χ0n) is 9.74. The number of ether oxygens (including phenoxy) is 1. The Bertz CT molecular complexity index is 458. The summed E-state index contributed by atoms with van der Waals surface area (Å²) in [6.45, 7) is 0.216. The van der Waals surface area contributed by atoms with Gasteiger partial charge in [0.25, 0.3) is 0 Å². The molecule has 0 aromatic carbocycles. The van der Waals surface area contributed by atoms with Gasteiger partial charge in [-0.2, -0.15) is 0 Å². The summed E-state index contributed by atoms with van der Waals surface area (Å²) in [7, 11) is 1.53. The maximum absolute atomic E-state index is 13.0. The Balaban J connectivity index is 2.04. The van der Waals surface area contributed by atoms with Gasteiger partial charge in [-0.1, -0.05) is 0 Å². The van der Waals surface area contributed by atoms with Crippen LogP contribution in [0, 0.1) is 0 Å². The van der Waals surface area contributed by atoms with Crippen molar-refractivity contribution in [2.45, 2.75) is 18.6 Å². The van der Waals surface area contributed by atoms with Crippen LogP contribution in [-0.4, -0.2) is 36.8 Å². The Kier molecular flexibility index (Phi) is 4.13. The summed E-state index contributed by atoms with van der Waals surface area (Å²) in [6, 6.07) is 2.78. The standard InChI is InChI=1S/C11H13BrFN3O2/c1-18-7-3-9(12)15-10(4-7)16-11(17)8-2-6(13)5-14-8/h3-4,6,8,14H,2,5H2,1H3,(H,15,16,17)/t6-,8+/m1/s1. The van der Waals surface area contributed by atoms with Crippen molar-refractivity contribution in [3.05, 3.63) is 16.7 Å². The molecule has 1 saturated heterocycles. The van der Waals surface area contributed by atoms with E-state index in [0.29, 0.717) is 16.2 Å². The number of methoxy groups -OCH3 is 1. The topological polar surface area (TPSA) is 63.2 Å². The first-order valence-electron chi connectivity index (χ1n) is 5.48. The van der Waals surface area contributed by atoms with Gasteiger partial charge in [-0.15, -0.1) is 0 Å². The Morgan fingerprint density at radius 3 is 3.06 bits per heavy atom. The molecule has 0 unspecified atom stereocenters. The molecule has 2 N–H and O–H groups in total. The summed E-state index contributed by atoms with van der Waals surface area (Å²) in [4.78, 5) is 15.9. The number of nitrogens with zero attached hydrogens (tertiary/aromatic N) is 1. The van der Waals surface area contributed by atoms with Crippen molar-refractivity contribution < 1.29 is 13.9 Å². The molecule has 0 spiro atoms. The maximum atomic E-state index is 13.0. The van der Waals surface area contributed by atoms with Gasteiger partial charge in [0, 0.05) is 25.1 Å². The molecule has 0 bridgehead atoms. The summed E-state index contributed by atoms with van der Waals surface area (Å²) < 4.78 is 18.6. The quantitative estimate of drug-likeness (QED) is 0.829. The van der Waals surface area contributed by atoms with Crippen LogP contribution in [0.1, 0.15) is 6.42 Å². The predicted octanol–water partition coefficient (Wildman–Crippen LogP) is 1.49. The minimum atomic E-state index is -0.967. The molecule has 7 heteroatoms. The molecule has 1 aromatic rings. The SMILES string of the molecule is COc1cc(Br)nc(NC(=O)[C@@H]2C[C@@H](F)CN2)c1. The van der Waals surface area contributed by atoms with Crippen molar-refractivity contribution in [3.8, 4) is 5.75 Å². The van der Waals surface area contributed by atoms with E-state index in [1.54, 1.807) is 12.1 Å². The second kappa shape index (κ2) is 5.62. The van der Waals surface area contributed by atoms with Crippen LogP contribution in [0.5, 0.6) is 5.75 Å². The van der Waals surface area contributed by atoms with Crippen LogP contribution in [-0.2, 0) is 4.79 Å². The number of carbonyl (C=O) groups excluding carboxylic acids is 1. The van der Waals surface area contributed by atoms with Gasteiger partial charge in [0.2, 0.25) is 5.91 Å². The van der Waals surface area contributed by atoms with E-state index in [0.717, 1.165) is 0 Å². The zero-order chi connectivity index (χ0) is 13.1. The molecule has 98 valence electrons. The van der Waals surface area contributed by atoms with Crippen LogP contribution in [0.4, 0.5) is 10.2 Å². The number of hydrogen-bond acceptors (Lipinski definition) is 4. The van der Waals surface area contributed by atoms with Gasteiger partial charge in [0.1, 0.15) is 22.3 Å². The molecular formula is C11H13BrFN3O2. The number of alkyl halides is 1. The Hall–Kier alpha value is -1.21. The normalized spacial score (nSPS) is 22.8. The molecule has 5 nitrogen and oxygen atoms in total. The first-order chi connectivity index (χ1) is 8.58. The molecule has 0 radical (unpaired) electrons. The average Bonchev–Trinajstić information content (AvgIpc) is 2.75. The molecule has 2 heterocycles. The monoisotopic (exact) mass is 317 g/mol. The lowest BCUT2D eigenvalue weighted by molar-refractivity contribution is -0.117. The van der Waals surface area contributed by atoms with Gasteiger partial charge in [-0.3, -0.25) is 4.79 Å². The van der Waals surface area contributed by atoms with Gasteiger partial charge >= 0.3 is 0 Å². The van der Waals surface area contributed by atoms with Crippen molar-refractivity contribution in [3.63, 3.8) is 0 Å². The van der Waals surface area contributed by atoms with Crippen LogP contribution < -0.4 is 15.4 Å². The van der Waals surface area contributed by atoms with Crippen molar-refractivity contribution in [1.82, 2.24) is 10.3 Å². The summed E-state index contributed by atoms with van der Waals surface area (Å²) in [5, 5.41) is 5.44. The second-order valence-electron chi connectivity index (χ2n) is 4.00. The number of rotatable bonds is 3. The zero-order valence-corrected chi connectivity index (χ0v) is 11.3. The predicted molar refractivity (Wildman–Crippen MR) is 68.4 cm³/mol. The number of anilines is 1. The van der Waals surface area contributed by atoms with Crippen molar-refractivity contribution >= 4 is 27.7 Å². The van der Waals surface area contributed by atoms with Gasteiger partial charge in [-0.25, -0.2) is 9.37 Å². The lowest BCUT2D eigenvalue weighted by Gasteiger charge is -2.11. The number of hydrogen-bond donors (Lipinski definition) is 2. The largest absolute Gasteiger partial charge is 0.497 e. The van der Waals surface area contributed by atoms with E-state index >= 15 is 0 Å². The molecular weight excluding hydrogens is 305 g/mol. The highest BCUT2D eigenvalue weighted by atomic mass is 79.9. The first kappa shape index (κ1) is 13.2. The number of amides is 1. The number of pyridine rings is 1. The lowest BCUT2D eigenvalue weighted by atomic mass is 10.2. The minimum Gasteiger partial charge on any atom is -0.497 e. The molecule has 2 atom stereocenters. The van der Waals surface area contributed by atoms with Gasteiger partial charge in [0.15, 0.2) is 0 Å². The van der Waals surface area contributed by atoms with E-state index in [-0.39, 0.29) is 18.9 Å². The Morgan fingerprint density at radius 1 is 1.67 bits per heavy atom. The maximum Gasteiger partial charge on any atom is 0.242 e. The number of aromatic nitrogens is 1. The van der Waals surface area contributed by atoms with Crippen LogP contribution in [0.2, 0.25) is 0 Å².